The molecule has 0 radical (unpaired) electrons. The van der Waals surface area contributed by atoms with Crippen LogP contribution >= 0.6 is 27.5 Å². The van der Waals surface area contributed by atoms with E-state index in [-0.39, 0.29) is 11.7 Å². The minimum Gasteiger partial charge on any atom is -0.381 e. The zero-order valence-corrected chi connectivity index (χ0v) is 13.6. The first-order chi connectivity index (χ1) is 10.0. The highest BCUT2D eigenvalue weighted by molar-refractivity contribution is 9.10. The van der Waals surface area contributed by atoms with Crippen LogP contribution in [-0.2, 0) is 6.54 Å². The van der Waals surface area contributed by atoms with Gasteiger partial charge in [-0.05, 0) is 30.3 Å². The van der Waals surface area contributed by atoms with Crippen LogP contribution in [-0.4, -0.2) is 13.0 Å². The first kappa shape index (κ1) is 15.8. The van der Waals surface area contributed by atoms with Crippen molar-refractivity contribution in [1.29, 1.82) is 0 Å². The SMILES string of the molecule is CNC(=O)c1cc(NCc2ccc(Br)cc2F)ccc1Cl. The number of nitrogens with one attached hydrogen (secondary N) is 2. The summed E-state index contributed by atoms with van der Waals surface area (Å²) in [5.74, 6) is -0.559. The van der Waals surface area contributed by atoms with Crippen molar-refractivity contribution in [1.82, 2.24) is 5.32 Å². The van der Waals surface area contributed by atoms with Gasteiger partial charge in [-0.3, -0.25) is 4.79 Å². The predicted molar refractivity (Wildman–Crippen MR) is 86.3 cm³/mol. The molecular formula is C15H13BrClFN2O. The van der Waals surface area contributed by atoms with Crippen LogP contribution in [0.2, 0.25) is 5.02 Å². The molecule has 0 aliphatic heterocycles. The summed E-state index contributed by atoms with van der Waals surface area (Å²) in [5, 5.41) is 5.97. The number of carbonyl (C=O) groups excluding carboxylic acids is 1. The van der Waals surface area contributed by atoms with Crippen LogP contribution in [0.3, 0.4) is 0 Å². The maximum absolute atomic E-state index is 13.7. The third-order valence-corrected chi connectivity index (χ3v) is 3.76. The Labute approximate surface area is 135 Å². The van der Waals surface area contributed by atoms with Gasteiger partial charge in [0.1, 0.15) is 5.82 Å². The minimum absolute atomic E-state index is 0.265. The van der Waals surface area contributed by atoms with Gasteiger partial charge >= 0.3 is 0 Å². The van der Waals surface area contributed by atoms with Crippen molar-refractivity contribution in [3.8, 4) is 0 Å². The summed E-state index contributed by atoms with van der Waals surface area (Å²) in [4.78, 5) is 11.7. The highest BCUT2D eigenvalue weighted by Gasteiger charge is 2.10. The molecule has 0 saturated carbocycles. The number of hydrogen-bond donors (Lipinski definition) is 2. The molecular weight excluding hydrogens is 359 g/mol. The summed E-state index contributed by atoms with van der Waals surface area (Å²) in [6, 6.07) is 9.89. The summed E-state index contributed by atoms with van der Waals surface area (Å²) < 4.78 is 14.4. The van der Waals surface area contributed by atoms with Crippen molar-refractivity contribution >= 4 is 39.1 Å². The van der Waals surface area contributed by atoms with Gasteiger partial charge in [0.15, 0.2) is 0 Å². The van der Waals surface area contributed by atoms with E-state index >= 15 is 0 Å². The lowest BCUT2D eigenvalue weighted by Crippen LogP contribution is -2.18. The molecule has 1 amide bonds. The highest BCUT2D eigenvalue weighted by Crippen LogP contribution is 2.22. The van der Waals surface area contributed by atoms with Gasteiger partial charge in [-0.25, -0.2) is 4.39 Å². The molecule has 0 bridgehead atoms. The Balaban J connectivity index is 2.15. The van der Waals surface area contributed by atoms with E-state index in [0.717, 1.165) is 0 Å². The van der Waals surface area contributed by atoms with E-state index in [0.29, 0.717) is 32.9 Å². The summed E-state index contributed by atoms with van der Waals surface area (Å²) >= 11 is 9.19. The molecule has 0 heterocycles. The molecule has 0 aliphatic rings. The smallest absolute Gasteiger partial charge is 0.252 e. The second-order valence-electron chi connectivity index (χ2n) is 4.36. The van der Waals surface area contributed by atoms with Gasteiger partial charge in [0.25, 0.3) is 5.91 Å². The molecule has 2 aromatic carbocycles. The van der Waals surface area contributed by atoms with Crippen molar-refractivity contribution in [2.24, 2.45) is 0 Å². The van der Waals surface area contributed by atoms with Crippen molar-refractivity contribution in [3.05, 3.63) is 62.8 Å². The molecule has 0 saturated heterocycles. The number of anilines is 1. The molecule has 110 valence electrons. The van der Waals surface area contributed by atoms with Crippen molar-refractivity contribution in [2.75, 3.05) is 12.4 Å². The number of halogens is 3. The molecule has 0 fully saturated rings. The van der Waals surface area contributed by atoms with E-state index in [4.69, 9.17) is 11.6 Å². The lowest BCUT2D eigenvalue weighted by molar-refractivity contribution is 0.0963. The van der Waals surface area contributed by atoms with Crippen LogP contribution in [0.15, 0.2) is 40.9 Å². The van der Waals surface area contributed by atoms with Gasteiger partial charge in [0, 0.05) is 29.3 Å². The molecule has 2 rings (SSSR count). The monoisotopic (exact) mass is 370 g/mol. The zero-order chi connectivity index (χ0) is 15.4. The van der Waals surface area contributed by atoms with E-state index in [2.05, 4.69) is 26.6 Å². The fourth-order valence-corrected chi connectivity index (χ4v) is 2.34. The Bertz CT molecular complexity index is 679. The average Bonchev–Trinajstić information content (AvgIpc) is 2.47. The average molecular weight is 372 g/mol. The van der Waals surface area contributed by atoms with Crippen LogP contribution in [0.5, 0.6) is 0 Å². The molecule has 0 unspecified atom stereocenters. The Kier molecular flexibility index (Phi) is 5.20. The number of hydrogen-bond acceptors (Lipinski definition) is 2. The molecule has 3 nitrogen and oxygen atoms in total. The molecule has 6 heteroatoms. The first-order valence-corrected chi connectivity index (χ1v) is 7.38. The van der Waals surface area contributed by atoms with Gasteiger partial charge in [0.2, 0.25) is 0 Å². The summed E-state index contributed by atoms with van der Waals surface area (Å²) in [7, 11) is 1.54. The largest absolute Gasteiger partial charge is 0.381 e. The quantitative estimate of drug-likeness (QED) is 0.845. The highest BCUT2D eigenvalue weighted by atomic mass is 79.9. The fourth-order valence-electron chi connectivity index (χ4n) is 1.81. The molecule has 0 spiro atoms. The standard InChI is InChI=1S/C15H13BrClFN2O/c1-19-15(21)12-7-11(4-5-13(12)17)20-8-9-2-3-10(16)6-14(9)18/h2-7,20H,8H2,1H3,(H,19,21). The summed E-state index contributed by atoms with van der Waals surface area (Å²) in [6.07, 6.45) is 0. The third-order valence-electron chi connectivity index (χ3n) is 2.94. The Morgan fingerprint density at radius 2 is 2.05 bits per heavy atom. The molecule has 0 atom stereocenters. The molecule has 21 heavy (non-hydrogen) atoms. The molecule has 0 aliphatic carbocycles. The van der Waals surface area contributed by atoms with Crippen LogP contribution < -0.4 is 10.6 Å². The Hall–Kier alpha value is -1.59. The van der Waals surface area contributed by atoms with E-state index in [1.165, 1.54) is 13.1 Å². The normalized spacial score (nSPS) is 10.3. The number of rotatable bonds is 4. The van der Waals surface area contributed by atoms with Gasteiger partial charge < -0.3 is 10.6 Å². The Morgan fingerprint density at radius 3 is 2.71 bits per heavy atom. The van der Waals surface area contributed by atoms with E-state index in [1.54, 1.807) is 30.3 Å². The van der Waals surface area contributed by atoms with Crippen molar-refractivity contribution < 1.29 is 9.18 Å². The lowest BCUT2D eigenvalue weighted by Gasteiger charge is -2.10. The predicted octanol–water partition coefficient (Wildman–Crippen LogP) is 4.21. The second-order valence-corrected chi connectivity index (χ2v) is 5.69. The van der Waals surface area contributed by atoms with Crippen LogP contribution in [0, 0.1) is 5.82 Å². The lowest BCUT2D eigenvalue weighted by atomic mass is 10.1. The topological polar surface area (TPSA) is 41.1 Å². The van der Waals surface area contributed by atoms with Crippen molar-refractivity contribution in [2.45, 2.75) is 6.54 Å². The second kappa shape index (κ2) is 6.91. The molecule has 2 N–H and O–H groups in total. The fraction of sp³-hybridized carbons (Fsp3) is 0.133. The van der Waals surface area contributed by atoms with E-state index < -0.39 is 0 Å². The third kappa shape index (κ3) is 3.95. The van der Waals surface area contributed by atoms with Crippen LogP contribution in [0.1, 0.15) is 15.9 Å². The first-order valence-electron chi connectivity index (χ1n) is 6.20. The maximum atomic E-state index is 13.7. The van der Waals surface area contributed by atoms with Gasteiger partial charge in [0.05, 0.1) is 10.6 Å². The summed E-state index contributed by atoms with van der Waals surface area (Å²) in [5.41, 5.74) is 1.61. The van der Waals surface area contributed by atoms with Gasteiger partial charge in [-0.1, -0.05) is 33.6 Å². The van der Waals surface area contributed by atoms with E-state index in [9.17, 15) is 9.18 Å². The van der Waals surface area contributed by atoms with E-state index in [1.807, 2.05) is 0 Å². The molecule has 2 aromatic rings. The number of carbonyl (C=O) groups is 1. The van der Waals surface area contributed by atoms with Crippen LogP contribution in [0.4, 0.5) is 10.1 Å². The van der Waals surface area contributed by atoms with Crippen LogP contribution in [0.25, 0.3) is 0 Å². The number of amides is 1. The van der Waals surface area contributed by atoms with Gasteiger partial charge in [-0.2, -0.15) is 0 Å². The zero-order valence-electron chi connectivity index (χ0n) is 11.2. The minimum atomic E-state index is -0.294. The van der Waals surface area contributed by atoms with Crippen molar-refractivity contribution in [3.63, 3.8) is 0 Å². The molecule has 0 aromatic heterocycles. The number of benzene rings is 2. The maximum Gasteiger partial charge on any atom is 0.252 e. The summed E-state index contributed by atoms with van der Waals surface area (Å²) in [6.45, 7) is 0.313. The van der Waals surface area contributed by atoms with Gasteiger partial charge in [-0.15, -0.1) is 0 Å². The Morgan fingerprint density at radius 1 is 1.29 bits per heavy atom.